The van der Waals surface area contributed by atoms with E-state index in [-0.39, 0.29) is 24.0 Å². The third-order valence-electron chi connectivity index (χ3n) is 5.98. The van der Waals surface area contributed by atoms with Gasteiger partial charge in [0.25, 0.3) is 11.8 Å². The van der Waals surface area contributed by atoms with Crippen LogP contribution in [-0.4, -0.2) is 48.6 Å². The Morgan fingerprint density at radius 3 is 2.34 bits per heavy atom. The van der Waals surface area contributed by atoms with Crippen LogP contribution in [0.25, 0.3) is 5.57 Å². The smallest absolute Gasteiger partial charge is 0.282 e. The van der Waals surface area contributed by atoms with Crippen LogP contribution in [0, 0.1) is 13.8 Å². The summed E-state index contributed by atoms with van der Waals surface area (Å²) in [5, 5.41) is 0. The van der Waals surface area contributed by atoms with Crippen molar-refractivity contribution in [3.63, 3.8) is 0 Å². The average Bonchev–Trinajstić information content (AvgIpc) is 3.00. The van der Waals surface area contributed by atoms with Crippen molar-refractivity contribution in [2.24, 2.45) is 0 Å². The molecule has 0 aliphatic carbocycles. The first-order chi connectivity index (χ1) is 15.3. The number of imide groups is 1. The van der Waals surface area contributed by atoms with E-state index in [4.69, 9.17) is 9.47 Å². The zero-order valence-corrected chi connectivity index (χ0v) is 19.3. The van der Waals surface area contributed by atoms with Gasteiger partial charge in [-0.2, -0.15) is 0 Å². The SMILES string of the molecule is CCOc1cccc(N2C(=O)C(c3ccc(C)c(C)c3)=C(N3CC(C)OC(C)C3)C2=O)c1. The highest BCUT2D eigenvalue weighted by Crippen LogP contribution is 2.37. The Balaban J connectivity index is 1.83. The molecule has 0 N–H and O–H groups in total. The van der Waals surface area contributed by atoms with Gasteiger partial charge in [-0.15, -0.1) is 0 Å². The van der Waals surface area contributed by atoms with Crippen molar-refractivity contribution in [2.75, 3.05) is 24.6 Å². The van der Waals surface area contributed by atoms with Gasteiger partial charge < -0.3 is 14.4 Å². The third-order valence-corrected chi connectivity index (χ3v) is 5.98. The summed E-state index contributed by atoms with van der Waals surface area (Å²) in [5.74, 6) is 0.00673. The van der Waals surface area contributed by atoms with Gasteiger partial charge in [0.15, 0.2) is 0 Å². The second-order valence-corrected chi connectivity index (χ2v) is 8.56. The Morgan fingerprint density at radius 1 is 0.969 bits per heavy atom. The van der Waals surface area contributed by atoms with E-state index in [0.717, 1.165) is 16.7 Å². The summed E-state index contributed by atoms with van der Waals surface area (Å²) in [5.41, 5.74) is 4.38. The molecule has 4 rings (SSSR count). The van der Waals surface area contributed by atoms with Crippen LogP contribution < -0.4 is 9.64 Å². The fraction of sp³-hybridized carbons (Fsp3) is 0.385. The minimum Gasteiger partial charge on any atom is -0.494 e. The van der Waals surface area contributed by atoms with E-state index in [1.165, 1.54) is 4.90 Å². The summed E-state index contributed by atoms with van der Waals surface area (Å²) in [4.78, 5) is 30.8. The van der Waals surface area contributed by atoms with Crippen LogP contribution in [-0.2, 0) is 14.3 Å². The fourth-order valence-electron chi connectivity index (χ4n) is 4.44. The highest BCUT2D eigenvalue weighted by molar-refractivity contribution is 6.45. The van der Waals surface area contributed by atoms with Crippen LogP contribution in [0.15, 0.2) is 48.2 Å². The quantitative estimate of drug-likeness (QED) is 0.664. The van der Waals surface area contributed by atoms with Crippen molar-refractivity contribution >= 4 is 23.1 Å². The van der Waals surface area contributed by atoms with Gasteiger partial charge in [-0.3, -0.25) is 9.59 Å². The lowest BCUT2D eigenvalue weighted by molar-refractivity contribution is -0.121. The molecular weight excluding hydrogens is 404 g/mol. The highest BCUT2D eigenvalue weighted by Gasteiger charge is 2.44. The molecule has 2 aromatic carbocycles. The lowest BCUT2D eigenvalue weighted by Gasteiger charge is -2.37. The first-order valence-electron chi connectivity index (χ1n) is 11.1. The molecule has 0 spiro atoms. The molecule has 0 aromatic heterocycles. The van der Waals surface area contributed by atoms with E-state index in [1.54, 1.807) is 18.2 Å². The summed E-state index contributed by atoms with van der Waals surface area (Å²) >= 11 is 0. The number of ether oxygens (including phenoxy) is 2. The first kappa shape index (κ1) is 22.1. The van der Waals surface area contributed by atoms with Crippen molar-refractivity contribution in [3.05, 3.63) is 64.9 Å². The van der Waals surface area contributed by atoms with Crippen molar-refractivity contribution in [2.45, 2.75) is 46.8 Å². The first-order valence-corrected chi connectivity index (χ1v) is 11.1. The second kappa shape index (κ2) is 8.79. The summed E-state index contributed by atoms with van der Waals surface area (Å²) in [6, 6.07) is 13.0. The standard InChI is InChI=1S/C26H30N2O4/c1-6-31-22-9-7-8-21(13-22)28-25(29)23(20-11-10-16(2)17(3)12-20)24(26(28)30)27-14-18(4)32-19(5)15-27/h7-13,18-19H,6,14-15H2,1-5H3. The fourth-order valence-corrected chi connectivity index (χ4v) is 4.44. The van der Waals surface area contributed by atoms with Gasteiger partial charge in [-0.1, -0.05) is 24.3 Å². The van der Waals surface area contributed by atoms with Crippen LogP contribution >= 0.6 is 0 Å². The van der Waals surface area contributed by atoms with E-state index >= 15 is 0 Å². The Morgan fingerprint density at radius 2 is 1.69 bits per heavy atom. The summed E-state index contributed by atoms with van der Waals surface area (Å²) in [6.45, 7) is 11.5. The monoisotopic (exact) mass is 434 g/mol. The zero-order valence-electron chi connectivity index (χ0n) is 19.3. The molecule has 6 heteroatoms. The molecule has 2 heterocycles. The topological polar surface area (TPSA) is 59.1 Å². The van der Waals surface area contributed by atoms with Crippen LogP contribution in [0.4, 0.5) is 5.69 Å². The summed E-state index contributed by atoms with van der Waals surface area (Å²) in [6.07, 6.45) is -0.0732. The second-order valence-electron chi connectivity index (χ2n) is 8.56. The molecule has 2 aliphatic rings. The third kappa shape index (κ3) is 4.02. The Kier molecular flexibility index (Phi) is 6.07. The van der Waals surface area contributed by atoms with Crippen LogP contribution in [0.1, 0.15) is 37.5 Å². The number of hydrogen-bond acceptors (Lipinski definition) is 5. The molecule has 168 valence electrons. The maximum Gasteiger partial charge on any atom is 0.282 e. The largest absolute Gasteiger partial charge is 0.494 e. The van der Waals surface area contributed by atoms with Crippen LogP contribution in [0.3, 0.4) is 0 Å². The van der Waals surface area contributed by atoms with Gasteiger partial charge in [0.1, 0.15) is 11.4 Å². The predicted molar refractivity (Wildman–Crippen MR) is 125 cm³/mol. The normalized spacial score (nSPS) is 21.5. The van der Waals surface area contributed by atoms with E-state index in [0.29, 0.717) is 42.4 Å². The summed E-state index contributed by atoms with van der Waals surface area (Å²) in [7, 11) is 0. The number of aryl methyl sites for hydroxylation is 2. The molecule has 1 saturated heterocycles. The number of hydrogen-bond donors (Lipinski definition) is 0. The number of morpholine rings is 1. The number of rotatable bonds is 5. The van der Waals surface area contributed by atoms with Gasteiger partial charge in [0.05, 0.1) is 30.1 Å². The lowest BCUT2D eigenvalue weighted by Crippen LogP contribution is -2.47. The minimum absolute atomic E-state index is 0.0366. The molecule has 1 fully saturated rings. The van der Waals surface area contributed by atoms with Crippen molar-refractivity contribution in [3.8, 4) is 5.75 Å². The van der Waals surface area contributed by atoms with E-state index in [1.807, 2.05) is 63.8 Å². The average molecular weight is 435 g/mol. The lowest BCUT2D eigenvalue weighted by atomic mass is 9.99. The van der Waals surface area contributed by atoms with Crippen molar-refractivity contribution < 1.29 is 19.1 Å². The number of benzene rings is 2. The van der Waals surface area contributed by atoms with E-state index in [2.05, 4.69) is 0 Å². The number of amides is 2. The molecule has 0 bridgehead atoms. The predicted octanol–water partition coefficient (Wildman–Crippen LogP) is 4.10. The maximum absolute atomic E-state index is 13.8. The highest BCUT2D eigenvalue weighted by atomic mass is 16.5. The Labute approximate surface area is 189 Å². The van der Waals surface area contributed by atoms with Crippen molar-refractivity contribution in [1.82, 2.24) is 4.90 Å². The molecule has 32 heavy (non-hydrogen) atoms. The van der Waals surface area contributed by atoms with Gasteiger partial charge >= 0.3 is 0 Å². The zero-order chi connectivity index (χ0) is 23.0. The van der Waals surface area contributed by atoms with Crippen LogP contribution in [0.5, 0.6) is 5.75 Å². The van der Waals surface area contributed by atoms with Crippen LogP contribution in [0.2, 0.25) is 0 Å². The molecule has 0 saturated carbocycles. The number of anilines is 1. The molecule has 2 atom stereocenters. The van der Waals surface area contributed by atoms with Gasteiger partial charge in [0.2, 0.25) is 0 Å². The number of nitrogens with zero attached hydrogens (tertiary/aromatic N) is 2. The number of carbonyl (C=O) groups excluding carboxylic acids is 2. The molecule has 6 nitrogen and oxygen atoms in total. The minimum atomic E-state index is -0.311. The van der Waals surface area contributed by atoms with Crippen molar-refractivity contribution in [1.29, 1.82) is 0 Å². The Hall–Kier alpha value is -3.12. The molecule has 2 unspecified atom stereocenters. The van der Waals surface area contributed by atoms with Gasteiger partial charge in [-0.25, -0.2) is 4.90 Å². The summed E-state index contributed by atoms with van der Waals surface area (Å²) < 4.78 is 11.5. The Bertz CT molecular complexity index is 1080. The number of carbonyl (C=O) groups is 2. The molecule has 2 aliphatic heterocycles. The van der Waals surface area contributed by atoms with E-state index < -0.39 is 0 Å². The van der Waals surface area contributed by atoms with Gasteiger partial charge in [0, 0.05) is 19.2 Å². The molecular formula is C26H30N2O4. The molecule has 2 amide bonds. The van der Waals surface area contributed by atoms with Gasteiger partial charge in [-0.05, 0) is 63.4 Å². The maximum atomic E-state index is 13.8. The molecule has 2 aromatic rings. The van der Waals surface area contributed by atoms with E-state index in [9.17, 15) is 9.59 Å². The molecule has 0 radical (unpaired) electrons.